The Hall–Kier alpha value is -13.9. The minimum absolute atomic E-state index is 0.0232. The number of carbonyl (C=O) groups excluding carboxylic acids is 4. The highest BCUT2D eigenvalue weighted by atomic mass is 35.5. The third-order valence-corrected chi connectivity index (χ3v) is 20.0. The Morgan fingerprint density at radius 2 is 0.785 bits per heavy atom. The number of halogens is 5. The SMILES string of the molecule is C=CC(=O)Cl.C=CC(=O)N[C@@H]1CN(c2nc(Nc3cn(C)nc3OC)c3ncc(C)n3n2)C[C@H]1F.CC(C)(C)OC(=O)N[C@@H]1CNC[C@H]1F.COc1nn(C)cc1Nc1nc(N2C[C@@H](F)[C@H](NC(=O)OC(C)(C)C)C2)nn2c(C)cnc12.COc1nn(C)cc1Nc1nc(N2C[C@@H](N)[C@H](F)C2)nn2c(C)cnc12.COc1nn(C)cc1Nc1nc(S(C)=O)nn2c(C)cnc12. The standard InChI is InChI=1S/C20H28FN9O3.C18H22FN9O2.C15H20FN9O.C12H15N7O2S.C9H17FN2O2.C3H3ClO/c1-11-7-22-16-15(23-14-9-28(5)26-17(14)32-6)25-18(27-30(11)16)29-8-12(21)13(10-29)24-19(31)33-20(2,3)4;1-5-14(29)21-12-9-27(7-11(12)19)18-23-15(16-20-6-10(2)28(16)25-18)22-13-8-26(3)24-17(13)30-4;1-8-4-18-13-12(19-11-7-23(2)21-14(11)26-3)20-15(22-25(8)13)24-5-9(16)10(17)6-24;1-7-5-13-10-9(15-12(22(4)20)17-19(7)10)14-8-6-18(2)16-11(8)21-3;1-9(2,3)14-8(13)12-7-5-11-4-6(7)10;1-2-3(4)5/h7,9,12-13H,8,10H2,1-6H3,(H,24,31)(H,23,25,27);5-6,8,11-12H,1,7,9H2,2-4H3,(H,21,29)(H,22,23,25);4,7,9-10H,5-6,17H2,1-3H3,(H,19,20,22);5-6H,1-4H3,(H,14,15,17);6-7,11H,4-5H2,1-3H3,(H,12,13);2H,1H2/t12-,13-;11-,12-;9-,10-;;6-,7-;/m111.1./s1. The number of rotatable bonds is 21. The molecule has 12 aromatic heterocycles. The van der Waals surface area contributed by atoms with Crippen molar-refractivity contribution in [3.05, 3.63) is 97.7 Å². The van der Waals surface area contributed by atoms with Gasteiger partial charge < -0.3 is 91.4 Å². The summed E-state index contributed by atoms with van der Waals surface area (Å²) in [5.74, 6) is 4.00. The zero-order valence-electron chi connectivity index (χ0n) is 74.9. The molecule has 12 aromatic rings. The first kappa shape index (κ1) is 96.7. The van der Waals surface area contributed by atoms with E-state index < -0.39 is 94.2 Å². The van der Waals surface area contributed by atoms with Gasteiger partial charge in [-0.15, -0.1) is 40.8 Å². The highest BCUT2D eigenvalue weighted by molar-refractivity contribution is 7.84. The summed E-state index contributed by atoms with van der Waals surface area (Å²) in [4.78, 5) is 84.9. The van der Waals surface area contributed by atoms with Crippen molar-refractivity contribution in [1.82, 2.24) is 139 Å². The quantitative estimate of drug-likeness (QED) is 0.0242. The number of methoxy groups -OCH3 is 4. The molecule has 1 unspecified atom stereocenters. The first-order valence-electron chi connectivity index (χ1n) is 40.2. The molecule has 3 amide bonds. The summed E-state index contributed by atoms with van der Waals surface area (Å²) in [7, 11) is 12.0. The number of hydrogen-bond donors (Lipinski definition) is 9. The Balaban J connectivity index is 0.000000158. The van der Waals surface area contributed by atoms with Crippen molar-refractivity contribution in [3.8, 4) is 23.5 Å². The van der Waals surface area contributed by atoms with Crippen molar-refractivity contribution in [1.29, 1.82) is 0 Å². The van der Waals surface area contributed by atoms with Crippen LogP contribution in [0.3, 0.4) is 0 Å². The van der Waals surface area contributed by atoms with E-state index in [1.807, 2.05) is 27.7 Å². The fraction of sp³-hybridized carbons (Fsp3) is 0.481. The second-order valence-corrected chi connectivity index (χ2v) is 33.5. The van der Waals surface area contributed by atoms with Gasteiger partial charge in [-0.1, -0.05) is 13.2 Å². The third kappa shape index (κ3) is 24.1. The largest absolute Gasteiger partial charge is 0.478 e. The summed E-state index contributed by atoms with van der Waals surface area (Å²) < 4.78 is 112. The Morgan fingerprint density at radius 1 is 0.469 bits per heavy atom. The molecule has 0 saturated carbocycles. The molecule has 4 fully saturated rings. The van der Waals surface area contributed by atoms with Crippen LogP contribution in [0.1, 0.15) is 64.3 Å². The molecule has 47 nitrogen and oxygen atoms in total. The number of nitrogens with two attached hydrogens (primary N) is 1. The van der Waals surface area contributed by atoms with E-state index in [1.165, 1.54) is 27.6 Å². The lowest BCUT2D eigenvalue weighted by molar-refractivity contribution is -0.117. The van der Waals surface area contributed by atoms with Crippen molar-refractivity contribution in [3.63, 3.8) is 0 Å². The molecule has 0 aromatic carbocycles. The van der Waals surface area contributed by atoms with Crippen molar-refractivity contribution in [2.75, 3.05) is 123 Å². The van der Waals surface area contributed by atoms with Crippen molar-refractivity contribution < 1.29 is 69.4 Å². The molecule has 0 aliphatic carbocycles. The van der Waals surface area contributed by atoms with Crippen molar-refractivity contribution >= 4 is 132 Å². The zero-order chi connectivity index (χ0) is 94.7. The van der Waals surface area contributed by atoms with Crippen LogP contribution < -0.4 is 81.9 Å². The van der Waals surface area contributed by atoms with E-state index in [2.05, 4.69) is 136 Å². The predicted molar refractivity (Wildman–Crippen MR) is 473 cm³/mol. The number of nitrogens with one attached hydrogen (secondary N) is 8. The number of aromatic nitrogens is 24. The van der Waals surface area contributed by atoms with Gasteiger partial charge in [0, 0.05) is 67.2 Å². The lowest BCUT2D eigenvalue weighted by Gasteiger charge is -2.22. The monoisotopic (exact) mass is 1850 g/mol. The fourth-order valence-electron chi connectivity index (χ4n) is 13.1. The van der Waals surface area contributed by atoms with Crippen LogP contribution in [0.5, 0.6) is 23.5 Å². The summed E-state index contributed by atoms with van der Waals surface area (Å²) in [6.07, 6.45) is 11.5. The molecule has 4 aliphatic heterocycles. The number of aryl methyl sites for hydroxylation is 8. The summed E-state index contributed by atoms with van der Waals surface area (Å²) >= 11 is 4.71. The predicted octanol–water partition coefficient (Wildman–Crippen LogP) is 5.54. The number of alkyl halides is 4. The second kappa shape index (κ2) is 41.5. The number of alkyl carbamates (subject to hydrolysis) is 2. The zero-order valence-corrected chi connectivity index (χ0v) is 76.5. The Bertz CT molecular complexity index is 6050. The normalized spacial score (nSPS) is 18.4. The maximum absolute atomic E-state index is 14.8. The van der Waals surface area contributed by atoms with Gasteiger partial charge in [0.05, 0.1) is 155 Å². The van der Waals surface area contributed by atoms with Gasteiger partial charge in [-0.2, -0.15) is 19.9 Å². The van der Waals surface area contributed by atoms with Gasteiger partial charge in [0.15, 0.2) is 45.9 Å². The van der Waals surface area contributed by atoms with Gasteiger partial charge in [-0.3, -0.25) is 32.5 Å². The van der Waals surface area contributed by atoms with E-state index in [0.29, 0.717) is 130 Å². The maximum atomic E-state index is 14.8. The molecule has 16 heterocycles. The first-order chi connectivity index (χ1) is 61.5. The minimum atomic E-state index is -1.31. The van der Waals surface area contributed by atoms with Crippen LogP contribution >= 0.6 is 11.6 Å². The van der Waals surface area contributed by atoms with Gasteiger partial charge in [-0.05, 0) is 93.0 Å². The van der Waals surface area contributed by atoms with Crippen LogP contribution in [0.15, 0.2) is 80.0 Å². The van der Waals surface area contributed by atoms with Crippen molar-refractivity contribution in [2.45, 2.75) is 134 Å². The number of imidazole rings is 4. The van der Waals surface area contributed by atoms with Crippen LogP contribution in [0, 0.1) is 27.7 Å². The molecule has 0 spiro atoms. The number of nitrogens with zero attached hydrogens (tertiary/aromatic N) is 27. The Kier molecular flexibility index (Phi) is 30.8. The van der Waals surface area contributed by atoms with E-state index in [-0.39, 0.29) is 37.9 Å². The molecule has 130 heavy (non-hydrogen) atoms. The lowest BCUT2D eigenvalue weighted by atomic mass is 10.2. The summed E-state index contributed by atoms with van der Waals surface area (Å²) in [6.45, 7) is 26.3. The van der Waals surface area contributed by atoms with Gasteiger partial charge in [0.25, 0.3) is 23.5 Å². The van der Waals surface area contributed by atoms with Gasteiger partial charge in [-0.25, -0.2) is 65.1 Å². The molecule has 0 radical (unpaired) electrons. The number of fused-ring (bicyclic) bond motifs is 4. The molecule has 4 saturated heterocycles. The highest BCUT2D eigenvalue weighted by Crippen LogP contribution is 2.35. The van der Waals surface area contributed by atoms with Gasteiger partial charge in [0.1, 0.15) is 58.6 Å². The Morgan fingerprint density at radius 3 is 1.08 bits per heavy atom. The molecule has 9 atom stereocenters. The highest BCUT2D eigenvalue weighted by Gasteiger charge is 2.40. The molecular weight excluding hydrogens is 1750 g/mol. The van der Waals surface area contributed by atoms with E-state index in [4.69, 9.17) is 45.8 Å². The molecule has 53 heteroatoms. The van der Waals surface area contributed by atoms with Gasteiger partial charge in [0.2, 0.25) is 34.2 Å². The van der Waals surface area contributed by atoms with E-state index in [9.17, 15) is 40.9 Å². The number of hydrogen-bond acceptors (Lipinski definition) is 36. The minimum Gasteiger partial charge on any atom is -0.478 e. The molecule has 4 aliphatic rings. The summed E-state index contributed by atoms with van der Waals surface area (Å²) in [6, 6.07) is -2.44. The van der Waals surface area contributed by atoms with Crippen molar-refractivity contribution in [2.24, 2.45) is 33.9 Å². The summed E-state index contributed by atoms with van der Waals surface area (Å²) in [5, 5.41) is 57.6. The van der Waals surface area contributed by atoms with E-state index >= 15 is 0 Å². The maximum Gasteiger partial charge on any atom is 0.408 e. The number of amides is 3. The first-order valence-corrected chi connectivity index (χ1v) is 42.1. The molecule has 10 N–H and O–H groups in total. The van der Waals surface area contributed by atoms with E-state index in [0.717, 1.165) is 34.9 Å². The smallest absolute Gasteiger partial charge is 0.408 e. The second-order valence-electron chi connectivity index (χ2n) is 31.9. The van der Waals surface area contributed by atoms with Crippen LogP contribution in [-0.4, -0.2) is 292 Å². The molecular formula is C77H105ClF4N36O11S. The molecule has 700 valence electrons. The average Bonchev–Trinajstić information content (AvgIpc) is 1.63. The van der Waals surface area contributed by atoms with Crippen LogP contribution in [0.4, 0.5) is 91.0 Å². The van der Waals surface area contributed by atoms with Gasteiger partial charge >= 0.3 is 12.2 Å². The van der Waals surface area contributed by atoms with Crippen LogP contribution in [0.25, 0.3) is 22.6 Å². The molecule has 0 bridgehead atoms. The third-order valence-electron chi connectivity index (χ3n) is 19.2. The molecule has 16 rings (SSSR count). The van der Waals surface area contributed by atoms with Crippen LogP contribution in [-0.2, 0) is 58.1 Å². The fourth-order valence-corrected chi connectivity index (χ4v) is 13.5. The lowest BCUT2D eigenvalue weighted by Crippen LogP contribution is -2.44. The number of ether oxygens (including phenoxy) is 6. The number of allylic oxidation sites excluding steroid dienone is 1. The average molecular weight is 1850 g/mol. The topological polar surface area (TPSA) is 516 Å². The Labute approximate surface area is 749 Å². The van der Waals surface area contributed by atoms with Crippen LogP contribution in [0.2, 0.25) is 0 Å². The number of anilines is 11. The summed E-state index contributed by atoms with van der Waals surface area (Å²) in [5.41, 5.74) is 12.4. The number of carbonyl (C=O) groups is 4. The van der Waals surface area contributed by atoms with E-state index in [1.54, 1.807) is 178 Å².